The normalized spacial score (nSPS) is 28.7. The number of hydrogen-bond donors (Lipinski definition) is 1. The van der Waals surface area contributed by atoms with Crippen LogP contribution in [0.5, 0.6) is 5.75 Å². The third-order valence-corrected chi connectivity index (χ3v) is 4.29. The lowest BCUT2D eigenvalue weighted by atomic mass is 9.75. The van der Waals surface area contributed by atoms with Crippen LogP contribution in [0.2, 0.25) is 0 Å². The van der Waals surface area contributed by atoms with Crippen LogP contribution in [0.4, 0.5) is 0 Å². The van der Waals surface area contributed by atoms with Crippen molar-refractivity contribution in [3.8, 4) is 5.75 Å². The molecule has 1 aliphatic carbocycles. The summed E-state index contributed by atoms with van der Waals surface area (Å²) in [6, 6.07) is 7.54. The molecule has 2 rings (SSSR count). The highest BCUT2D eigenvalue weighted by Gasteiger charge is 2.46. The standard InChI is InChI=1S/C17H22O4/c1-4-17(12(2)15(18)9-10-16(17)19)21-11-13-5-7-14(20-3)8-6-13/h5-10,12,15,18H,4,11H2,1-3H3/t12-,15+,17+/m1/s1. The van der Waals surface area contributed by atoms with Crippen molar-refractivity contribution >= 4 is 5.78 Å². The minimum absolute atomic E-state index is 0.0729. The van der Waals surface area contributed by atoms with Gasteiger partial charge in [-0.15, -0.1) is 0 Å². The molecule has 1 aromatic rings. The summed E-state index contributed by atoms with van der Waals surface area (Å²) in [4.78, 5) is 12.3. The van der Waals surface area contributed by atoms with Crippen molar-refractivity contribution < 1.29 is 19.4 Å². The summed E-state index contributed by atoms with van der Waals surface area (Å²) in [6.45, 7) is 4.09. The highest BCUT2D eigenvalue weighted by atomic mass is 16.5. The summed E-state index contributed by atoms with van der Waals surface area (Å²) < 4.78 is 11.1. The fourth-order valence-corrected chi connectivity index (χ4v) is 2.73. The molecule has 0 radical (unpaired) electrons. The molecule has 0 spiro atoms. The molecule has 4 nitrogen and oxygen atoms in total. The first kappa shape index (κ1) is 15.7. The summed E-state index contributed by atoms with van der Waals surface area (Å²) in [7, 11) is 1.62. The molecule has 1 N–H and O–H groups in total. The maximum atomic E-state index is 12.3. The Bertz CT molecular complexity index is 520. The molecule has 21 heavy (non-hydrogen) atoms. The first-order chi connectivity index (χ1) is 10.0. The maximum absolute atomic E-state index is 12.3. The van der Waals surface area contributed by atoms with E-state index in [1.54, 1.807) is 7.11 Å². The smallest absolute Gasteiger partial charge is 0.187 e. The highest BCUT2D eigenvalue weighted by molar-refractivity contribution is 5.98. The van der Waals surface area contributed by atoms with Gasteiger partial charge in [0.15, 0.2) is 5.78 Å². The second-order valence-corrected chi connectivity index (χ2v) is 5.38. The van der Waals surface area contributed by atoms with E-state index < -0.39 is 11.7 Å². The molecule has 0 heterocycles. The van der Waals surface area contributed by atoms with E-state index in [-0.39, 0.29) is 11.7 Å². The molecule has 0 bridgehead atoms. The molecule has 0 fully saturated rings. The van der Waals surface area contributed by atoms with E-state index in [2.05, 4.69) is 0 Å². The van der Waals surface area contributed by atoms with Crippen molar-refractivity contribution in [1.29, 1.82) is 0 Å². The molecule has 0 aliphatic heterocycles. The molecule has 0 aromatic heterocycles. The van der Waals surface area contributed by atoms with Crippen LogP contribution in [0.15, 0.2) is 36.4 Å². The van der Waals surface area contributed by atoms with Crippen LogP contribution in [0, 0.1) is 5.92 Å². The number of hydrogen-bond acceptors (Lipinski definition) is 4. The zero-order valence-electron chi connectivity index (χ0n) is 12.7. The lowest BCUT2D eigenvalue weighted by Gasteiger charge is -2.40. The molecule has 1 aliphatic rings. The fraction of sp³-hybridized carbons (Fsp3) is 0.471. The molecule has 3 atom stereocenters. The highest BCUT2D eigenvalue weighted by Crippen LogP contribution is 2.34. The first-order valence-electron chi connectivity index (χ1n) is 7.21. The van der Waals surface area contributed by atoms with Gasteiger partial charge < -0.3 is 14.6 Å². The van der Waals surface area contributed by atoms with Gasteiger partial charge >= 0.3 is 0 Å². The summed E-state index contributed by atoms with van der Waals surface area (Å²) in [6.07, 6.45) is 2.85. The van der Waals surface area contributed by atoms with E-state index >= 15 is 0 Å². The van der Waals surface area contributed by atoms with E-state index in [4.69, 9.17) is 9.47 Å². The molecule has 114 valence electrons. The number of ketones is 1. The third kappa shape index (κ3) is 3.01. The van der Waals surface area contributed by atoms with Crippen LogP contribution in [-0.2, 0) is 16.1 Å². The predicted molar refractivity (Wildman–Crippen MR) is 80.1 cm³/mol. The van der Waals surface area contributed by atoms with Gasteiger partial charge in [-0.25, -0.2) is 0 Å². The van der Waals surface area contributed by atoms with Crippen LogP contribution in [0.25, 0.3) is 0 Å². The van der Waals surface area contributed by atoms with Crippen molar-refractivity contribution in [3.05, 3.63) is 42.0 Å². The Morgan fingerprint density at radius 3 is 2.52 bits per heavy atom. The Labute approximate surface area is 125 Å². The first-order valence-corrected chi connectivity index (χ1v) is 7.21. The van der Waals surface area contributed by atoms with Gasteiger partial charge in [0, 0.05) is 5.92 Å². The number of carbonyl (C=O) groups excluding carboxylic acids is 1. The minimum Gasteiger partial charge on any atom is -0.497 e. The average Bonchev–Trinajstić information content (AvgIpc) is 2.52. The zero-order chi connectivity index (χ0) is 15.5. The van der Waals surface area contributed by atoms with E-state index in [1.165, 1.54) is 12.2 Å². The molecule has 1 aromatic carbocycles. The number of ether oxygens (including phenoxy) is 2. The SMILES string of the molecule is CC[C@@]1(OCc2ccc(OC)cc2)C(=O)C=C[C@H](O)[C@H]1C. The lowest BCUT2D eigenvalue weighted by molar-refractivity contribution is -0.159. The minimum atomic E-state index is -0.950. The van der Waals surface area contributed by atoms with E-state index in [9.17, 15) is 9.90 Å². The van der Waals surface area contributed by atoms with Gasteiger partial charge in [0.2, 0.25) is 0 Å². The largest absolute Gasteiger partial charge is 0.497 e. The summed E-state index contributed by atoms with van der Waals surface area (Å²) >= 11 is 0. The number of carbonyl (C=O) groups is 1. The zero-order valence-corrected chi connectivity index (χ0v) is 12.7. The van der Waals surface area contributed by atoms with Crippen molar-refractivity contribution in [2.45, 2.75) is 38.6 Å². The van der Waals surface area contributed by atoms with Crippen molar-refractivity contribution in [2.24, 2.45) is 5.92 Å². The number of benzene rings is 1. The van der Waals surface area contributed by atoms with Crippen LogP contribution in [0.1, 0.15) is 25.8 Å². The van der Waals surface area contributed by atoms with Gasteiger partial charge in [-0.05, 0) is 30.2 Å². The van der Waals surface area contributed by atoms with Gasteiger partial charge in [0.25, 0.3) is 0 Å². The number of aliphatic hydroxyl groups is 1. The topological polar surface area (TPSA) is 55.8 Å². The molecule has 0 saturated heterocycles. The molecular weight excluding hydrogens is 268 g/mol. The van der Waals surface area contributed by atoms with Crippen molar-refractivity contribution in [2.75, 3.05) is 7.11 Å². The van der Waals surface area contributed by atoms with Crippen molar-refractivity contribution in [1.82, 2.24) is 0 Å². The van der Waals surface area contributed by atoms with Gasteiger partial charge in [0.1, 0.15) is 11.4 Å². The Morgan fingerprint density at radius 1 is 1.29 bits per heavy atom. The average molecular weight is 290 g/mol. The van der Waals surface area contributed by atoms with Crippen LogP contribution in [-0.4, -0.2) is 29.7 Å². The van der Waals surface area contributed by atoms with Gasteiger partial charge in [-0.2, -0.15) is 0 Å². The van der Waals surface area contributed by atoms with Gasteiger partial charge in [0.05, 0.1) is 19.8 Å². The summed E-state index contributed by atoms with van der Waals surface area (Å²) in [5.41, 5.74) is 0.0151. The number of aliphatic hydroxyl groups excluding tert-OH is 1. The third-order valence-electron chi connectivity index (χ3n) is 4.29. The number of rotatable bonds is 5. The van der Waals surface area contributed by atoms with E-state index in [0.29, 0.717) is 13.0 Å². The Balaban J connectivity index is 2.14. The maximum Gasteiger partial charge on any atom is 0.187 e. The molecule has 0 unspecified atom stereocenters. The van der Waals surface area contributed by atoms with Crippen LogP contribution >= 0.6 is 0 Å². The van der Waals surface area contributed by atoms with E-state index in [0.717, 1.165) is 11.3 Å². The van der Waals surface area contributed by atoms with Gasteiger partial charge in [-0.3, -0.25) is 4.79 Å². The Morgan fingerprint density at radius 2 is 1.95 bits per heavy atom. The monoisotopic (exact) mass is 290 g/mol. The molecule has 0 amide bonds. The fourth-order valence-electron chi connectivity index (χ4n) is 2.73. The van der Waals surface area contributed by atoms with E-state index in [1.807, 2.05) is 38.1 Å². The Kier molecular flexibility index (Phi) is 4.80. The number of methoxy groups -OCH3 is 1. The van der Waals surface area contributed by atoms with Crippen LogP contribution < -0.4 is 4.74 Å². The van der Waals surface area contributed by atoms with Crippen molar-refractivity contribution in [3.63, 3.8) is 0 Å². The quantitative estimate of drug-likeness (QED) is 0.905. The second-order valence-electron chi connectivity index (χ2n) is 5.38. The second kappa shape index (κ2) is 6.41. The molecule has 4 heteroatoms. The molecular formula is C17H22O4. The lowest BCUT2D eigenvalue weighted by Crippen LogP contribution is -2.52. The summed E-state index contributed by atoms with van der Waals surface area (Å²) in [5, 5.41) is 9.99. The predicted octanol–water partition coefficient (Wildman–Crippen LogP) is 2.50. The van der Waals surface area contributed by atoms with Gasteiger partial charge in [-0.1, -0.05) is 32.1 Å². The Hall–Kier alpha value is -1.65. The summed E-state index contributed by atoms with van der Waals surface area (Å²) in [5.74, 6) is 0.444. The molecule has 0 saturated carbocycles. The van der Waals surface area contributed by atoms with Crippen LogP contribution in [0.3, 0.4) is 0 Å².